The molecule has 1 N–H and O–H groups in total. The number of ether oxygens (including phenoxy) is 2. The third kappa shape index (κ3) is 2.72. The van der Waals surface area contributed by atoms with Crippen molar-refractivity contribution in [3.63, 3.8) is 0 Å². The number of aliphatic hydroxyl groups is 1. The summed E-state index contributed by atoms with van der Waals surface area (Å²) in [4.78, 5) is 0. The zero-order valence-corrected chi connectivity index (χ0v) is 7.91. The van der Waals surface area contributed by atoms with Crippen molar-refractivity contribution in [1.29, 1.82) is 0 Å². The third-order valence-corrected chi connectivity index (χ3v) is 1.73. The molecule has 72 valence electrons. The Labute approximate surface area is 77.9 Å². The van der Waals surface area contributed by atoms with Crippen LogP contribution in [0, 0.1) is 6.92 Å². The molecule has 1 aromatic rings. The lowest BCUT2D eigenvalue weighted by atomic mass is 10.1. The van der Waals surface area contributed by atoms with E-state index >= 15 is 0 Å². The fourth-order valence-corrected chi connectivity index (χ4v) is 1.05. The summed E-state index contributed by atoms with van der Waals surface area (Å²) < 4.78 is 10.1. The van der Waals surface area contributed by atoms with E-state index in [1.165, 1.54) is 0 Å². The van der Waals surface area contributed by atoms with E-state index in [0.717, 1.165) is 11.1 Å². The fraction of sp³-hybridized carbons (Fsp3) is 0.400. The topological polar surface area (TPSA) is 38.7 Å². The van der Waals surface area contributed by atoms with Crippen LogP contribution in [0.15, 0.2) is 18.2 Å². The second-order valence-electron chi connectivity index (χ2n) is 2.82. The lowest BCUT2D eigenvalue weighted by Crippen LogP contribution is -2.01. The number of hydrogen-bond acceptors (Lipinski definition) is 3. The number of aryl methyl sites for hydroxylation is 1. The second-order valence-corrected chi connectivity index (χ2v) is 2.82. The standard InChI is InChI=1S/C10H14O3/c1-8-3-4-9(6-11)10(5-8)13-7-12-2/h3-5,11H,6-7H2,1-2H3. The summed E-state index contributed by atoms with van der Waals surface area (Å²) in [5.41, 5.74) is 1.88. The molecule has 0 aliphatic rings. The minimum absolute atomic E-state index is 0.0146. The molecule has 0 spiro atoms. The number of benzene rings is 1. The van der Waals surface area contributed by atoms with E-state index in [1.54, 1.807) is 7.11 Å². The van der Waals surface area contributed by atoms with Gasteiger partial charge in [0.15, 0.2) is 6.79 Å². The Morgan fingerprint density at radius 3 is 2.77 bits per heavy atom. The molecule has 0 unspecified atom stereocenters. The van der Waals surface area contributed by atoms with Gasteiger partial charge in [-0.15, -0.1) is 0 Å². The zero-order valence-electron chi connectivity index (χ0n) is 7.91. The average molecular weight is 182 g/mol. The normalized spacial score (nSPS) is 10.1. The number of methoxy groups -OCH3 is 1. The first-order valence-electron chi connectivity index (χ1n) is 4.10. The highest BCUT2D eigenvalue weighted by atomic mass is 16.7. The van der Waals surface area contributed by atoms with Gasteiger partial charge in [0, 0.05) is 12.7 Å². The smallest absolute Gasteiger partial charge is 0.188 e. The Morgan fingerprint density at radius 1 is 1.38 bits per heavy atom. The number of rotatable bonds is 4. The molecule has 3 heteroatoms. The summed E-state index contributed by atoms with van der Waals surface area (Å²) in [5.74, 6) is 0.685. The summed E-state index contributed by atoms with van der Waals surface area (Å²) in [7, 11) is 1.56. The molecule has 0 bridgehead atoms. The molecule has 0 saturated heterocycles. The maximum Gasteiger partial charge on any atom is 0.188 e. The number of aliphatic hydroxyl groups excluding tert-OH is 1. The molecule has 0 radical (unpaired) electrons. The Hall–Kier alpha value is -1.06. The third-order valence-electron chi connectivity index (χ3n) is 1.73. The van der Waals surface area contributed by atoms with Crippen molar-refractivity contribution in [2.24, 2.45) is 0 Å². The van der Waals surface area contributed by atoms with Crippen LogP contribution in [0.3, 0.4) is 0 Å². The highest BCUT2D eigenvalue weighted by molar-refractivity contribution is 5.36. The minimum Gasteiger partial charge on any atom is -0.467 e. The number of hydrogen-bond donors (Lipinski definition) is 1. The van der Waals surface area contributed by atoms with E-state index < -0.39 is 0 Å². The van der Waals surface area contributed by atoms with E-state index in [4.69, 9.17) is 14.6 Å². The first-order chi connectivity index (χ1) is 6.27. The molecular weight excluding hydrogens is 168 g/mol. The second kappa shape index (κ2) is 4.84. The molecular formula is C10H14O3. The van der Waals surface area contributed by atoms with Crippen LogP contribution in [-0.4, -0.2) is 19.0 Å². The molecule has 0 amide bonds. The van der Waals surface area contributed by atoms with Crippen molar-refractivity contribution in [1.82, 2.24) is 0 Å². The first-order valence-corrected chi connectivity index (χ1v) is 4.10. The van der Waals surface area contributed by atoms with Crippen LogP contribution in [0.4, 0.5) is 0 Å². The van der Waals surface area contributed by atoms with Gasteiger partial charge in [0.05, 0.1) is 6.61 Å². The quantitative estimate of drug-likeness (QED) is 0.716. The Kier molecular flexibility index (Phi) is 3.73. The molecule has 1 rings (SSSR count). The van der Waals surface area contributed by atoms with E-state index in [0.29, 0.717) is 5.75 Å². The van der Waals surface area contributed by atoms with Crippen LogP contribution in [0.25, 0.3) is 0 Å². The van der Waals surface area contributed by atoms with Crippen LogP contribution < -0.4 is 4.74 Å². The molecule has 3 nitrogen and oxygen atoms in total. The Morgan fingerprint density at radius 2 is 2.15 bits per heavy atom. The summed E-state index contributed by atoms with van der Waals surface area (Å²) in [5, 5.41) is 8.99. The highest BCUT2D eigenvalue weighted by Gasteiger charge is 2.01. The van der Waals surface area contributed by atoms with Crippen molar-refractivity contribution in [3.8, 4) is 5.75 Å². The Balaban J connectivity index is 2.81. The van der Waals surface area contributed by atoms with Gasteiger partial charge in [-0.3, -0.25) is 0 Å². The molecule has 0 aliphatic carbocycles. The van der Waals surface area contributed by atoms with E-state index in [-0.39, 0.29) is 13.4 Å². The van der Waals surface area contributed by atoms with Crippen LogP contribution in [0.2, 0.25) is 0 Å². The van der Waals surface area contributed by atoms with Crippen LogP contribution in [0.5, 0.6) is 5.75 Å². The van der Waals surface area contributed by atoms with Gasteiger partial charge in [0.2, 0.25) is 0 Å². The van der Waals surface area contributed by atoms with Crippen molar-refractivity contribution >= 4 is 0 Å². The first kappa shape index (κ1) is 10.0. The molecule has 0 heterocycles. The largest absolute Gasteiger partial charge is 0.467 e. The van der Waals surface area contributed by atoms with Gasteiger partial charge in [-0.25, -0.2) is 0 Å². The van der Waals surface area contributed by atoms with Gasteiger partial charge < -0.3 is 14.6 Å². The monoisotopic (exact) mass is 182 g/mol. The predicted octanol–water partition coefficient (Wildman–Crippen LogP) is 1.47. The van der Waals surface area contributed by atoms with Crippen LogP contribution >= 0.6 is 0 Å². The lowest BCUT2D eigenvalue weighted by molar-refractivity contribution is 0.0495. The molecule has 1 aromatic carbocycles. The van der Waals surface area contributed by atoms with Gasteiger partial charge in [-0.05, 0) is 18.6 Å². The molecule has 13 heavy (non-hydrogen) atoms. The van der Waals surface area contributed by atoms with Gasteiger partial charge in [0.1, 0.15) is 5.75 Å². The van der Waals surface area contributed by atoms with Crippen molar-refractivity contribution in [2.45, 2.75) is 13.5 Å². The molecule has 0 fully saturated rings. The maximum atomic E-state index is 8.99. The van der Waals surface area contributed by atoms with Gasteiger partial charge in [0.25, 0.3) is 0 Å². The fourth-order valence-electron chi connectivity index (χ4n) is 1.05. The van der Waals surface area contributed by atoms with E-state index in [2.05, 4.69) is 0 Å². The van der Waals surface area contributed by atoms with E-state index in [1.807, 2.05) is 25.1 Å². The maximum absolute atomic E-state index is 8.99. The van der Waals surface area contributed by atoms with E-state index in [9.17, 15) is 0 Å². The highest BCUT2D eigenvalue weighted by Crippen LogP contribution is 2.19. The molecule has 0 atom stereocenters. The SMILES string of the molecule is COCOc1cc(C)ccc1CO. The van der Waals surface area contributed by atoms with Crippen molar-refractivity contribution in [3.05, 3.63) is 29.3 Å². The molecule has 0 aliphatic heterocycles. The predicted molar refractivity (Wildman–Crippen MR) is 49.6 cm³/mol. The average Bonchev–Trinajstić information content (AvgIpc) is 2.15. The van der Waals surface area contributed by atoms with Gasteiger partial charge >= 0.3 is 0 Å². The van der Waals surface area contributed by atoms with Crippen LogP contribution in [-0.2, 0) is 11.3 Å². The summed E-state index contributed by atoms with van der Waals surface area (Å²) in [6.07, 6.45) is 0. The van der Waals surface area contributed by atoms with Crippen molar-refractivity contribution in [2.75, 3.05) is 13.9 Å². The lowest BCUT2D eigenvalue weighted by Gasteiger charge is -2.09. The molecule has 0 aromatic heterocycles. The summed E-state index contributed by atoms with van der Waals surface area (Å²) in [6.45, 7) is 2.16. The summed E-state index contributed by atoms with van der Waals surface area (Å²) >= 11 is 0. The van der Waals surface area contributed by atoms with Crippen LogP contribution in [0.1, 0.15) is 11.1 Å². The molecule has 0 saturated carbocycles. The summed E-state index contributed by atoms with van der Waals surface area (Å²) in [6, 6.07) is 5.66. The van der Waals surface area contributed by atoms with Gasteiger partial charge in [-0.1, -0.05) is 12.1 Å². The van der Waals surface area contributed by atoms with Crippen molar-refractivity contribution < 1.29 is 14.6 Å². The Bertz CT molecular complexity index is 271. The minimum atomic E-state index is -0.0146. The zero-order chi connectivity index (χ0) is 9.68. The van der Waals surface area contributed by atoms with Gasteiger partial charge in [-0.2, -0.15) is 0 Å².